The van der Waals surface area contributed by atoms with E-state index in [0.717, 1.165) is 38.2 Å². The Morgan fingerprint density at radius 2 is 2.00 bits per heavy atom. The van der Waals surface area contributed by atoms with Gasteiger partial charge in [0.1, 0.15) is 5.75 Å². The topological polar surface area (TPSA) is 83.6 Å². The van der Waals surface area contributed by atoms with Gasteiger partial charge in [0.05, 0.1) is 18.5 Å². The first-order valence-electron chi connectivity index (χ1n) is 8.93. The smallest absolute Gasteiger partial charge is 0.227 e. The number of nitrogens with one attached hydrogen (secondary N) is 2. The molecule has 0 bridgehead atoms. The maximum absolute atomic E-state index is 12.6. The minimum atomic E-state index is -0.113. The summed E-state index contributed by atoms with van der Waals surface area (Å²) in [4.78, 5) is 30.4. The van der Waals surface area contributed by atoms with Crippen molar-refractivity contribution in [3.8, 4) is 5.75 Å². The van der Waals surface area contributed by atoms with Gasteiger partial charge in [0.25, 0.3) is 0 Å². The molecule has 0 spiro atoms. The van der Waals surface area contributed by atoms with E-state index in [0.29, 0.717) is 16.6 Å². The number of thiazole rings is 1. The van der Waals surface area contributed by atoms with Crippen molar-refractivity contribution in [2.24, 2.45) is 5.92 Å². The second-order valence-electron chi connectivity index (χ2n) is 6.57. The standard InChI is InChI=1S/C19H24N4O3S/c1-13(24)20-19-21-15(12-27-19)11-23-9-7-14(8-10-23)18(25)22-16-5-3-4-6-17(16)26-2/h3-6,12,14H,7-11H2,1-2H3,(H,22,25)(H,20,21,24). The summed E-state index contributed by atoms with van der Waals surface area (Å²) in [5, 5.41) is 8.28. The number of carbonyl (C=O) groups is 2. The molecule has 7 nitrogen and oxygen atoms in total. The van der Waals surface area contributed by atoms with Crippen molar-refractivity contribution in [3.05, 3.63) is 35.3 Å². The number of carbonyl (C=O) groups excluding carboxylic acids is 2. The Labute approximate surface area is 162 Å². The fraction of sp³-hybridized carbons (Fsp3) is 0.421. The monoisotopic (exact) mass is 388 g/mol. The lowest BCUT2D eigenvalue weighted by Crippen LogP contribution is -2.37. The quantitative estimate of drug-likeness (QED) is 0.795. The number of aromatic nitrogens is 1. The third-order valence-corrected chi connectivity index (χ3v) is 5.35. The van der Waals surface area contributed by atoms with Crippen LogP contribution in [0.15, 0.2) is 29.6 Å². The molecule has 0 atom stereocenters. The lowest BCUT2D eigenvalue weighted by atomic mass is 9.95. The average molecular weight is 388 g/mol. The summed E-state index contributed by atoms with van der Waals surface area (Å²) in [5.74, 6) is 0.594. The second-order valence-corrected chi connectivity index (χ2v) is 7.42. The van der Waals surface area contributed by atoms with Gasteiger partial charge in [-0.15, -0.1) is 11.3 Å². The summed E-state index contributed by atoms with van der Waals surface area (Å²) in [6.45, 7) is 3.90. The van der Waals surface area contributed by atoms with Crippen molar-refractivity contribution < 1.29 is 14.3 Å². The van der Waals surface area contributed by atoms with Gasteiger partial charge in [0.15, 0.2) is 5.13 Å². The molecule has 0 aliphatic carbocycles. The zero-order valence-electron chi connectivity index (χ0n) is 15.5. The van der Waals surface area contributed by atoms with Crippen LogP contribution >= 0.6 is 11.3 Å². The predicted molar refractivity (Wildman–Crippen MR) is 106 cm³/mol. The minimum absolute atomic E-state index is 0.00321. The third kappa shape index (κ3) is 5.27. The van der Waals surface area contributed by atoms with Crippen molar-refractivity contribution in [3.63, 3.8) is 0 Å². The number of anilines is 2. The van der Waals surface area contributed by atoms with Gasteiger partial charge < -0.3 is 15.4 Å². The van der Waals surface area contributed by atoms with Crippen LogP contribution in [0.1, 0.15) is 25.5 Å². The van der Waals surface area contributed by atoms with Gasteiger partial charge in [-0.3, -0.25) is 14.5 Å². The fourth-order valence-corrected chi connectivity index (χ4v) is 3.90. The first-order valence-corrected chi connectivity index (χ1v) is 9.81. The molecule has 1 aliphatic heterocycles. The van der Waals surface area contributed by atoms with Crippen LogP contribution < -0.4 is 15.4 Å². The fourth-order valence-electron chi connectivity index (χ4n) is 3.15. The van der Waals surface area contributed by atoms with E-state index in [9.17, 15) is 9.59 Å². The van der Waals surface area contributed by atoms with Crippen molar-refractivity contribution in [1.29, 1.82) is 0 Å². The van der Waals surface area contributed by atoms with Crippen molar-refractivity contribution in [1.82, 2.24) is 9.88 Å². The summed E-state index contributed by atoms with van der Waals surface area (Å²) in [6, 6.07) is 7.44. The highest BCUT2D eigenvalue weighted by Gasteiger charge is 2.26. The van der Waals surface area contributed by atoms with Crippen LogP contribution in [0.2, 0.25) is 0 Å². The van der Waals surface area contributed by atoms with Crippen molar-refractivity contribution in [2.45, 2.75) is 26.3 Å². The Hall–Kier alpha value is -2.45. The van der Waals surface area contributed by atoms with Gasteiger partial charge in [0, 0.05) is 24.8 Å². The zero-order valence-corrected chi connectivity index (χ0v) is 16.3. The molecule has 0 saturated carbocycles. The van der Waals surface area contributed by atoms with E-state index in [1.54, 1.807) is 7.11 Å². The minimum Gasteiger partial charge on any atom is -0.495 e. The van der Waals surface area contributed by atoms with Crippen LogP contribution in [0, 0.1) is 5.92 Å². The molecule has 1 aromatic heterocycles. The number of para-hydroxylation sites is 2. The number of likely N-dealkylation sites (tertiary alicyclic amines) is 1. The molecule has 0 unspecified atom stereocenters. The van der Waals surface area contributed by atoms with E-state index in [-0.39, 0.29) is 17.7 Å². The highest BCUT2D eigenvalue weighted by molar-refractivity contribution is 7.13. The number of hydrogen-bond donors (Lipinski definition) is 2. The molecule has 144 valence electrons. The molecular formula is C19H24N4O3S. The number of piperidine rings is 1. The highest BCUT2D eigenvalue weighted by atomic mass is 32.1. The summed E-state index contributed by atoms with van der Waals surface area (Å²) < 4.78 is 5.29. The Morgan fingerprint density at radius 3 is 2.70 bits per heavy atom. The van der Waals surface area contributed by atoms with Crippen molar-refractivity contribution in [2.75, 3.05) is 30.8 Å². The van der Waals surface area contributed by atoms with Gasteiger partial charge in [-0.05, 0) is 38.1 Å². The van der Waals surface area contributed by atoms with Crippen LogP contribution in [0.5, 0.6) is 5.75 Å². The Balaban J connectivity index is 1.49. The molecule has 0 radical (unpaired) electrons. The average Bonchev–Trinajstić information content (AvgIpc) is 3.08. The molecular weight excluding hydrogens is 364 g/mol. The maximum atomic E-state index is 12.6. The van der Waals surface area contributed by atoms with Crippen LogP contribution in [0.25, 0.3) is 0 Å². The lowest BCUT2D eigenvalue weighted by molar-refractivity contribution is -0.121. The molecule has 1 aromatic carbocycles. The van der Waals surface area contributed by atoms with Crippen LogP contribution in [-0.2, 0) is 16.1 Å². The zero-order chi connectivity index (χ0) is 19.2. The number of nitrogens with zero attached hydrogens (tertiary/aromatic N) is 2. The Kier molecular flexibility index (Phi) is 6.41. The number of methoxy groups -OCH3 is 1. The van der Waals surface area contributed by atoms with Crippen molar-refractivity contribution >= 4 is 34.0 Å². The SMILES string of the molecule is COc1ccccc1NC(=O)C1CCN(Cc2csc(NC(C)=O)n2)CC1. The third-order valence-electron chi connectivity index (χ3n) is 4.54. The largest absolute Gasteiger partial charge is 0.495 e. The molecule has 2 aromatic rings. The molecule has 8 heteroatoms. The summed E-state index contributed by atoms with van der Waals surface area (Å²) in [6.07, 6.45) is 1.62. The van der Waals surface area contributed by atoms with Crippen LogP contribution in [0.4, 0.5) is 10.8 Å². The van der Waals surface area contributed by atoms with E-state index in [1.807, 2.05) is 29.6 Å². The number of ether oxygens (including phenoxy) is 1. The van der Waals surface area contributed by atoms with E-state index < -0.39 is 0 Å². The number of hydrogen-bond acceptors (Lipinski definition) is 6. The van der Waals surface area contributed by atoms with Crippen LogP contribution in [-0.4, -0.2) is 41.9 Å². The molecule has 2 N–H and O–H groups in total. The molecule has 1 saturated heterocycles. The number of rotatable bonds is 6. The molecule has 1 aliphatic rings. The molecule has 3 rings (SSSR count). The first kappa shape index (κ1) is 19.3. The predicted octanol–water partition coefficient (Wildman–Crippen LogP) is 2.96. The van der Waals surface area contributed by atoms with Gasteiger partial charge in [0.2, 0.25) is 11.8 Å². The van der Waals surface area contributed by atoms with E-state index in [4.69, 9.17) is 4.74 Å². The van der Waals surface area contributed by atoms with Crippen LogP contribution in [0.3, 0.4) is 0 Å². The molecule has 27 heavy (non-hydrogen) atoms. The van der Waals surface area contributed by atoms with E-state index in [1.165, 1.54) is 18.3 Å². The highest BCUT2D eigenvalue weighted by Crippen LogP contribution is 2.26. The molecule has 2 heterocycles. The summed E-state index contributed by atoms with van der Waals surface area (Å²) >= 11 is 1.43. The lowest BCUT2D eigenvalue weighted by Gasteiger charge is -2.30. The van der Waals surface area contributed by atoms with Gasteiger partial charge in [-0.1, -0.05) is 12.1 Å². The van der Waals surface area contributed by atoms with E-state index >= 15 is 0 Å². The van der Waals surface area contributed by atoms with Gasteiger partial charge >= 0.3 is 0 Å². The normalized spacial score (nSPS) is 15.3. The van der Waals surface area contributed by atoms with Gasteiger partial charge in [-0.2, -0.15) is 0 Å². The number of benzene rings is 1. The Morgan fingerprint density at radius 1 is 1.26 bits per heavy atom. The number of amides is 2. The molecule has 2 amide bonds. The maximum Gasteiger partial charge on any atom is 0.227 e. The van der Waals surface area contributed by atoms with Gasteiger partial charge in [-0.25, -0.2) is 4.98 Å². The second kappa shape index (κ2) is 8.96. The summed E-state index contributed by atoms with van der Waals surface area (Å²) in [7, 11) is 1.60. The molecule has 1 fully saturated rings. The first-order chi connectivity index (χ1) is 13.0. The Bertz CT molecular complexity index is 800. The summed E-state index contributed by atoms with van der Waals surface area (Å²) in [5.41, 5.74) is 1.65. The van der Waals surface area contributed by atoms with E-state index in [2.05, 4.69) is 20.5 Å².